The predicted molar refractivity (Wildman–Crippen MR) is 76.2 cm³/mol. The lowest BCUT2D eigenvalue weighted by Gasteiger charge is -2.07. The smallest absolute Gasteiger partial charge is 0.230 e. The zero-order valence-corrected chi connectivity index (χ0v) is 11.8. The Balaban J connectivity index is 2.13. The van der Waals surface area contributed by atoms with Crippen molar-refractivity contribution < 1.29 is 4.79 Å². The van der Waals surface area contributed by atoms with E-state index >= 15 is 0 Å². The number of amides is 1. The molecule has 20 heavy (non-hydrogen) atoms. The number of carbonyl (C=O) groups is 1. The summed E-state index contributed by atoms with van der Waals surface area (Å²) >= 11 is 0. The average Bonchev–Trinajstić information content (AvgIpc) is 2.74. The summed E-state index contributed by atoms with van der Waals surface area (Å²) in [5.41, 5.74) is 3.54. The molecule has 0 fully saturated rings. The van der Waals surface area contributed by atoms with Gasteiger partial charge in [0.25, 0.3) is 0 Å². The van der Waals surface area contributed by atoms with Gasteiger partial charge in [0.15, 0.2) is 5.82 Å². The topological polar surface area (TPSA) is 70.7 Å². The Morgan fingerprint density at radius 1 is 1.45 bits per heavy atom. The molecule has 5 heteroatoms. The van der Waals surface area contributed by atoms with Crippen molar-refractivity contribution in [2.24, 2.45) is 7.05 Å². The third kappa shape index (κ3) is 3.04. The molecule has 0 bridgehead atoms. The molecule has 0 saturated heterocycles. The Morgan fingerprint density at radius 2 is 2.20 bits per heavy atom. The Hall–Kier alpha value is -2.61. The van der Waals surface area contributed by atoms with E-state index in [1.54, 1.807) is 13.2 Å². The lowest BCUT2D eigenvalue weighted by Crippen LogP contribution is -2.16. The van der Waals surface area contributed by atoms with E-state index in [1.165, 1.54) is 4.68 Å². The molecule has 1 aromatic carbocycles. The number of anilines is 1. The molecule has 1 amide bonds. The van der Waals surface area contributed by atoms with Crippen molar-refractivity contribution in [1.29, 1.82) is 5.26 Å². The highest BCUT2D eigenvalue weighted by Crippen LogP contribution is 2.14. The van der Waals surface area contributed by atoms with Crippen LogP contribution in [0.4, 0.5) is 5.82 Å². The Kier molecular flexibility index (Phi) is 3.85. The van der Waals surface area contributed by atoms with Gasteiger partial charge < -0.3 is 5.32 Å². The van der Waals surface area contributed by atoms with Crippen LogP contribution >= 0.6 is 0 Å². The minimum Gasteiger partial charge on any atom is -0.308 e. The molecule has 2 rings (SSSR count). The fourth-order valence-corrected chi connectivity index (χ4v) is 2.00. The van der Waals surface area contributed by atoms with Crippen LogP contribution < -0.4 is 5.32 Å². The number of carbonyl (C=O) groups excluding carboxylic acids is 1. The molecule has 5 nitrogen and oxygen atoms in total. The maximum absolute atomic E-state index is 12.1. The molecule has 0 radical (unpaired) electrons. The van der Waals surface area contributed by atoms with Crippen LogP contribution in [0, 0.1) is 25.2 Å². The highest BCUT2D eigenvalue weighted by Gasteiger charge is 2.12. The zero-order chi connectivity index (χ0) is 14.7. The summed E-state index contributed by atoms with van der Waals surface area (Å²) in [5.74, 6) is 0.138. The highest BCUT2D eigenvalue weighted by atomic mass is 16.1. The number of aromatic nitrogens is 2. The summed E-state index contributed by atoms with van der Waals surface area (Å²) in [7, 11) is 1.71. The first kappa shape index (κ1) is 13.8. The molecule has 0 spiro atoms. The molecule has 1 heterocycles. The van der Waals surface area contributed by atoms with Gasteiger partial charge in [0.2, 0.25) is 5.91 Å². The number of hydrogen-bond acceptors (Lipinski definition) is 3. The summed E-state index contributed by atoms with van der Waals surface area (Å²) in [6.45, 7) is 3.97. The van der Waals surface area contributed by atoms with E-state index in [1.807, 2.05) is 38.1 Å². The average molecular weight is 268 g/mol. The van der Waals surface area contributed by atoms with E-state index in [-0.39, 0.29) is 12.3 Å². The molecule has 0 atom stereocenters. The third-order valence-electron chi connectivity index (χ3n) is 3.06. The number of nitriles is 1. The first-order valence-electron chi connectivity index (χ1n) is 6.29. The van der Waals surface area contributed by atoms with Gasteiger partial charge in [0.1, 0.15) is 11.6 Å². The highest BCUT2D eigenvalue weighted by molar-refractivity contribution is 5.92. The number of nitrogens with zero attached hydrogens (tertiary/aromatic N) is 3. The first-order chi connectivity index (χ1) is 9.49. The quantitative estimate of drug-likeness (QED) is 0.926. The van der Waals surface area contributed by atoms with Crippen LogP contribution in [0.3, 0.4) is 0 Å². The normalized spacial score (nSPS) is 10.1. The van der Waals surface area contributed by atoms with Crippen molar-refractivity contribution >= 4 is 11.7 Å². The largest absolute Gasteiger partial charge is 0.308 e. The Morgan fingerprint density at radius 3 is 2.90 bits per heavy atom. The van der Waals surface area contributed by atoms with E-state index in [4.69, 9.17) is 5.26 Å². The third-order valence-corrected chi connectivity index (χ3v) is 3.06. The summed E-state index contributed by atoms with van der Waals surface area (Å²) in [6.07, 6.45) is 1.85. The summed E-state index contributed by atoms with van der Waals surface area (Å²) in [4.78, 5) is 12.1. The second kappa shape index (κ2) is 5.57. The van der Waals surface area contributed by atoms with E-state index < -0.39 is 0 Å². The van der Waals surface area contributed by atoms with Gasteiger partial charge in [-0.15, -0.1) is 0 Å². The molecule has 1 N–H and O–H groups in total. The van der Waals surface area contributed by atoms with E-state index in [2.05, 4.69) is 10.4 Å². The van der Waals surface area contributed by atoms with Crippen LogP contribution in [0.1, 0.15) is 22.3 Å². The van der Waals surface area contributed by atoms with Crippen LogP contribution in [0.25, 0.3) is 0 Å². The second-order valence-electron chi connectivity index (χ2n) is 4.83. The maximum atomic E-state index is 12.1. The predicted octanol–water partition coefficient (Wildman–Crippen LogP) is 2.09. The number of hydrogen-bond donors (Lipinski definition) is 1. The van der Waals surface area contributed by atoms with E-state index in [0.29, 0.717) is 11.4 Å². The zero-order valence-electron chi connectivity index (χ0n) is 11.8. The molecule has 0 saturated carbocycles. The SMILES string of the molecule is Cc1ccc(C)c(CC(=O)Nc2nn(C)cc2C#N)c1. The molecule has 0 aliphatic carbocycles. The molecule has 0 unspecified atom stereocenters. The summed E-state index contributed by atoms with van der Waals surface area (Å²) in [5, 5.41) is 15.7. The van der Waals surface area contributed by atoms with Crippen molar-refractivity contribution in [3.8, 4) is 6.07 Å². The minimum atomic E-state index is -0.172. The fraction of sp³-hybridized carbons (Fsp3) is 0.267. The fourth-order valence-electron chi connectivity index (χ4n) is 2.00. The van der Waals surface area contributed by atoms with Crippen molar-refractivity contribution in [1.82, 2.24) is 9.78 Å². The van der Waals surface area contributed by atoms with E-state index in [9.17, 15) is 4.79 Å². The molecule has 2 aromatic rings. The van der Waals surface area contributed by atoms with Gasteiger partial charge in [-0.2, -0.15) is 10.4 Å². The first-order valence-corrected chi connectivity index (χ1v) is 6.29. The Labute approximate surface area is 117 Å². The van der Waals surface area contributed by atoms with Gasteiger partial charge in [-0.25, -0.2) is 0 Å². The molecule has 1 aromatic heterocycles. The number of benzene rings is 1. The van der Waals surface area contributed by atoms with Crippen LogP contribution in [0.15, 0.2) is 24.4 Å². The van der Waals surface area contributed by atoms with Crippen LogP contribution in [-0.2, 0) is 18.3 Å². The minimum absolute atomic E-state index is 0.172. The van der Waals surface area contributed by atoms with Crippen LogP contribution in [-0.4, -0.2) is 15.7 Å². The van der Waals surface area contributed by atoms with Crippen molar-refractivity contribution in [2.45, 2.75) is 20.3 Å². The molecule has 102 valence electrons. The second-order valence-corrected chi connectivity index (χ2v) is 4.83. The molecule has 0 aliphatic heterocycles. The van der Waals surface area contributed by atoms with Crippen molar-refractivity contribution in [2.75, 3.05) is 5.32 Å². The van der Waals surface area contributed by atoms with Gasteiger partial charge in [0.05, 0.1) is 6.42 Å². The summed E-state index contributed by atoms with van der Waals surface area (Å²) < 4.78 is 1.51. The van der Waals surface area contributed by atoms with Gasteiger partial charge >= 0.3 is 0 Å². The standard InChI is InChI=1S/C15H16N4O/c1-10-4-5-11(2)12(6-10)7-14(20)17-15-13(8-16)9-19(3)18-15/h4-6,9H,7H2,1-3H3,(H,17,18,20). The number of aryl methyl sites for hydroxylation is 3. The lowest BCUT2D eigenvalue weighted by molar-refractivity contribution is -0.115. The van der Waals surface area contributed by atoms with Crippen LogP contribution in [0.5, 0.6) is 0 Å². The number of rotatable bonds is 3. The maximum Gasteiger partial charge on any atom is 0.230 e. The van der Waals surface area contributed by atoms with Gasteiger partial charge in [-0.05, 0) is 25.0 Å². The lowest BCUT2D eigenvalue weighted by atomic mass is 10.0. The van der Waals surface area contributed by atoms with Crippen molar-refractivity contribution in [3.63, 3.8) is 0 Å². The monoisotopic (exact) mass is 268 g/mol. The molecular weight excluding hydrogens is 252 g/mol. The van der Waals surface area contributed by atoms with Crippen LogP contribution in [0.2, 0.25) is 0 Å². The van der Waals surface area contributed by atoms with Gasteiger partial charge in [0, 0.05) is 13.2 Å². The van der Waals surface area contributed by atoms with Crippen molar-refractivity contribution in [3.05, 3.63) is 46.6 Å². The van der Waals surface area contributed by atoms with Gasteiger partial charge in [-0.3, -0.25) is 9.48 Å². The molecule has 0 aliphatic rings. The Bertz CT molecular complexity index is 688. The summed E-state index contributed by atoms with van der Waals surface area (Å²) in [6, 6.07) is 8.02. The number of nitrogens with one attached hydrogen (secondary N) is 1. The molecular formula is C15H16N4O. The van der Waals surface area contributed by atoms with Gasteiger partial charge in [-0.1, -0.05) is 23.8 Å². The van der Waals surface area contributed by atoms with E-state index in [0.717, 1.165) is 16.7 Å².